The number of thiazole rings is 1. The zero-order valence-corrected chi connectivity index (χ0v) is 15.1. The normalized spacial score (nSPS) is 10.5. The van der Waals surface area contributed by atoms with Crippen LogP contribution in [-0.4, -0.2) is 15.9 Å². The molecule has 0 saturated heterocycles. The predicted molar refractivity (Wildman–Crippen MR) is 99.5 cm³/mol. The Bertz CT molecular complexity index is 964. The molecule has 0 unspecified atom stereocenters. The molecule has 3 aromatic rings. The average Bonchev–Trinajstić information content (AvgIpc) is 3.03. The van der Waals surface area contributed by atoms with Crippen molar-refractivity contribution >= 4 is 23.0 Å². The Kier molecular flexibility index (Phi) is 5.09. The molecule has 0 amide bonds. The highest BCUT2D eigenvalue weighted by atomic mass is 32.1. The number of esters is 1. The number of aromatic nitrogens is 1. The van der Waals surface area contributed by atoms with Crippen LogP contribution >= 0.6 is 11.3 Å². The summed E-state index contributed by atoms with van der Waals surface area (Å²) in [4.78, 5) is 26.9. The van der Waals surface area contributed by atoms with E-state index in [2.05, 4.69) is 4.98 Å². The van der Waals surface area contributed by atoms with Crippen molar-refractivity contribution in [2.24, 2.45) is 0 Å². The SMILES string of the molecule is Cc1ccc(-c2nc(CC(=O)Oc3ccc([N+](=O)[O-])c(C)c3)cs2)cc1. The third-order valence-corrected chi connectivity index (χ3v) is 4.71. The molecule has 26 heavy (non-hydrogen) atoms. The minimum Gasteiger partial charge on any atom is -0.426 e. The van der Waals surface area contributed by atoms with Gasteiger partial charge in [-0.2, -0.15) is 0 Å². The predicted octanol–water partition coefficient (Wildman–Crippen LogP) is 4.48. The molecule has 0 aliphatic heterocycles. The van der Waals surface area contributed by atoms with Crippen molar-refractivity contribution in [2.45, 2.75) is 20.3 Å². The molecule has 7 heteroatoms. The molecule has 0 atom stereocenters. The first kappa shape index (κ1) is 17.8. The Morgan fingerprint density at radius 1 is 1.19 bits per heavy atom. The van der Waals surface area contributed by atoms with E-state index < -0.39 is 10.9 Å². The van der Waals surface area contributed by atoms with E-state index >= 15 is 0 Å². The summed E-state index contributed by atoms with van der Waals surface area (Å²) >= 11 is 1.47. The summed E-state index contributed by atoms with van der Waals surface area (Å²) in [7, 11) is 0. The smallest absolute Gasteiger partial charge is 0.317 e. The highest BCUT2D eigenvalue weighted by molar-refractivity contribution is 7.13. The number of nitrogens with zero attached hydrogens (tertiary/aromatic N) is 2. The number of nitro groups is 1. The minimum absolute atomic E-state index is 0.00737. The van der Waals surface area contributed by atoms with Crippen LogP contribution in [0.25, 0.3) is 10.6 Å². The molecule has 0 spiro atoms. The molecule has 0 bridgehead atoms. The van der Waals surface area contributed by atoms with Crippen LogP contribution in [0.4, 0.5) is 5.69 Å². The lowest BCUT2D eigenvalue weighted by Gasteiger charge is -2.04. The molecular formula is C19H16N2O4S. The van der Waals surface area contributed by atoms with Crippen molar-refractivity contribution in [1.29, 1.82) is 0 Å². The van der Waals surface area contributed by atoms with E-state index in [1.165, 1.54) is 35.1 Å². The molecule has 1 aromatic heterocycles. The molecule has 132 valence electrons. The lowest BCUT2D eigenvalue weighted by atomic mass is 10.2. The third kappa shape index (κ3) is 4.12. The summed E-state index contributed by atoms with van der Waals surface area (Å²) in [5.41, 5.74) is 3.25. The highest BCUT2D eigenvalue weighted by Gasteiger charge is 2.14. The second-order valence-electron chi connectivity index (χ2n) is 5.87. The molecule has 3 rings (SSSR count). The fourth-order valence-electron chi connectivity index (χ4n) is 2.43. The summed E-state index contributed by atoms with van der Waals surface area (Å²) in [6.45, 7) is 3.62. The Labute approximate surface area is 154 Å². The van der Waals surface area contributed by atoms with Gasteiger partial charge in [0.25, 0.3) is 5.69 Å². The summed E-state index contributed by atoms with van der Waals surface area (Å²) in [6.07, 6.45) is 0.0401. The molecule has 2 aromatic carbocycles. The molecule has 0 aliphatic carbocycles. The number of benzene rings is 2. The van der Waals surface area contributed by atoms with Gasteiger partial charge in [0.15, 0.2) is 0 Å². The Hall–Kier alpha value is -3.06. The van der Waals surface area contributed by atoms with Crippen molar-refractivity contribution < 1.29 is 14.5 Å². The van der Waals surface area contributed by atoms with E-state index in [1.807, 2.05) is 36.6 Å². The van der Waals surface area contributed by atoms with Crippen LogP contribution in [0.3, 0.4) is 0 Å². The summed E-state index contributed by atoms with van der Waals surface area (Å²) in [5, 5.41) is 13.5. The quantitative estimate of drug-likeness (QED) is 0.287. The first-order valence-corrected chi connectivity index (χ1v) is 8.77. The van der Waals surface area contributed by atoms with Gasteiger partial charge in [0, 0.05) is 22.6 Å². The van der Waals surface area contributed by atoms with Gasteiger partial charge in [0.05, 0.1) is 17.0 Å². The van der Waals surface area contributed by atoms with Crippen LogP contribution in [0.5, 0.6) is 5.75 Å². The number of hydrogen-bond donors (Lipinski definition) is 0. The number of carbonyl (C=O) groups is 1. The van der Waals surface area contributed by atoms with Gasteiger partial charge in [-0.25, -0.2) is 4.98 Å². The van der Waals surface area contributed by atoms with E-state index in [4.69, 9.17) is 4.74 Å². The zero-order chi connectivity index (χ0) is 18.7. The second-order valence-corrected chi connectivity index (χ2v) is 6.72. The molecule has 0 fully saturated rings. The summed E-state index contributed by atoms with van der Waals surface area (Å²) < 4.78 is 5.27. The van der Waals surface area contributed by atoms with Crippen LogP contribution in [0.1, 0.15) is 16.8 Å². The van der Waals surface area contributed by atoms with Crippen molar-refractivity contribution in [3.05, 3.63) is 74.8 Å². The monoisotopic (exact) mass is 368 g/mol. The summed E-state index contributed by atoms with van der Waals surface area (Å²) in [6, 6.07) is 12.3. The van der Waals surface area contributed by atoms with Crippen molar-refractivity contribution in [3.63, 3.8) is 0 Å². The number of rotatable bonds is 5. The Balaban J connectivity index is 1.66. The lowest BCUT2D eigenvalue weighted by molar-refractivity contribution is -0.385. The van der Waals surface area contributed by atoms with Gasteiger partial charge in [-0.05, 0) is 26.0 Å². The van der Waals surface area contributed by atoms with E-state index in [0.29, 0.717) is 11.3 Å². The number of aryl methyl sites for hydroxylation is 2. The van der Waals surface area contributed by atoms with Crippen LogP contribution in [0.15, 0.2) is 47.8 Å². The van der Waals surface area contributed by atoms with Gasteiger partial charge in [-0.1, -0.05) is 29.8 Å². The van der Waals surface area contributed by atoms with E-state index in [-0.39, 0.29) is 17.9 Å². The van der Waals surface area contributed by atoms with Gasteiger partial charge in [-0.3, -0.25) is 14.9 Å². The van der Waals surface area contributed by atoms with Gasteiger partial charge >= 0.3 is 5.97 Å². The molecule has 0 radical (unpaired) electrons. The van der Waals surface area contributed by atoms with E-state index in [9.17, 15) is 14.9 Å². The number of carbonyl (C=O) groups excluding carboxylic acids is 1. The second kappa shape index (κ2) is 7.45. The number of ether oxygens (including phenoxy) is 1. The first-order valence-electron chi connectivity index (χ1n) is 7.89. The standard InChI is InChI=1S/C19H16N2O4S/c1-12-3-5-14(6-4-12)19-20-15(11-26-19)10-18(22)25-16-7-8-17(21(23)24)13(2)9-16/h3-9,11H,10H2,1-2H3. The maximum atomic E-state index is 12.1. The summed E-state index contributed by atoms with van der Waals surface area (Å²) in [5.74, 6) is -0.175. The van der Waals surface area contributed by atoms with Crippen molar-refractivity contribution in [2.75, 3.05) is 0 Å². The van der Waals surface area contributed by atoms with Gasteiger partial charge in [0.1, 0.15) is 10.8 Å². The molecule has 1 heterocycles. The van der Waals surface area contributed by atoms with E-state index in [1.54, 1.807) is 6.92 Å². The fourth-order valence-corrected chi connectivity index (χ4v) is 3.25. The number of hydrogen-bond acceptors (Lipinski definition) is 6. The average molecular weight is 368 g/mol. The maximum absolute atomic E-state index is 12.1. The third-order valence-electron chi connectivity index (χ3n) is 3.77. The zero-order valence-electron chi connectivity index (χ0n) is 14.3. The molecule has 0 N–H and O–H groups in total. The topological polar surface area (TPSA) is 82.3 Å². The van der Waals surface area contributed by atoms with Crippen LogP contribution < -0.4 is 4.74 Å². The minimum atomic E-state index is -0.469. The van der Waals surface area contributed by atoms with Gasteiger partial charge in [-0.15, -0.1) is 11.3 Å². The molecule has 0 aliphatic rings. The number of nitro benzene ring substituents is 1. The Morgan fingerprint density at radius 3 is 2.58 bits per heavy atom. The lowest BCUT2D eigenvalue weighted by Crippen LogP contribution is -2.11. The first-order chi connectivity index (χ1) is 12.4. The van der Waals surface area contributed by atoms with Gasteiger partial charge in [0.2, 0.25) is 0 Å². The fraction of sp³-hybridized carbons (Fsp3) is 0.158. The molecular weight excluding hydrogens is 352 g/mol. The van der Waals surface area contributed by atoms with Crippen molar-refractivity contribution in [3.8, 4) is 16.3 Å². The van der Waals surface area contributed by atoms with Crippen LogP contribution in [0.2, 0.25) is 0 Å². The Morgan fingerprint density at radius 2 is 1.92 bits per heavy atom. The maximum Gasteiger partial charge on any atom is 0.317 e. The van der Waals surface area contributed by atoms with Crippen LogP contribution in [-0.2, 0) is 11.2 Å². The highest BCUT2D eigenvalue weighted by Crippen LogP contribution is 2.25. The largest absolute Gasteiger partial charge is 0.426 e. The van der Waals surface area contributed by atoms with Crippen molar-refractivity contribution in [1.82, 2.24) is 4.98 Å². The van der Waals surface area contributed by atoms with E-state index in [0.717, 1.165) is 10.6 Å². The molecule has 0 saturated carbocycles. The van der Waals surface area contributed by atoms with Gasteiger partial charge < -0.3 is 4.74 Å². The molecule has 6 nitrogen and oxygen atoms in total. The van der Waals surface area contributed by atoms with Crippen LogP contribution in [0, 0.1) is 24.0 Å².